The van der Waals surface area contributed by atoms with Crippen LogP contribution in [0.4, 0.5) is 0 Å². The molecule has 3 unspecified atom stereocenters. The van der Waals surface area contributed by atoms with Gasteiger partial charge >= 0.3 is 0 Å². The fraction of sp³-hybridized carbons (Fsp3) is 0.857. The van der Waals surface area contributed by atoms with Crippen LogP contribution >= 0.6 is 0 Å². The summed E-state index contributed by atoms with van der Waals surface area (Å²) in [5.74, 6) is 0.0439. The molecule has 1 fully saturated rings. The highest BCUT2D eigenvalue weighted by molar-refractivity contribution is 5.86. The van der Waals surface area contributed by atoms with Gasteiger partial charge in [0.15, 0.2) is 0 Å². The Morgan fingerprint density at radius 2 is 1.89 bits per heavy atom. The third kappa shape index (κ3) is 3.69. The zero-order valence-corrected chi connectivity index (χ0v) is 12.5. The highest BCUT2D eigenvalue weighted by Crippen LogP contribution is 2.44. The van der Waals surface area contributed by atoms with Crippen molar-refractivity contribution < 1.29 is 9.59 Å². The topological polar surface area (TPSA) is 84.2 Å². The highest BCUT2D eigenvalue weighted by Gasteiger charge is 2.44. The Balaban J connectivity index is 2.59. The Labute approximate surface area is 115 Å². The molecule has 3 atom stereocenters. The summed E-state index contributed by atoms with van der Waals surface area (Å²) >= 11 is 0. The van der Waals surface area contributed by atoms with E-state index < -0.39 is 0 Å². The predicted octanol–water partition coefficient (Wildman–Crippen LogP) is 0.638. The summed E-state index contributed by atoms with van der Waals surface area (Å²) in [6, 6.07) is 0.155. The highest BCUT2D eigenvalue weighted by atomic mass is 16.2. The second-order valence-electron chi connectivity index (χ2n) is 6.08. The van der Waals surface area contributed by atoms with Crippen molar-refractivity contribution >= 4 is 11.8 Å². The lowest BCUT2D eigenvalue weighted by Gasteiger charge is -2.46. The summed E-state index contributed by atoms with van der Waals surface area (Å²) in [4.78, 5) is 23.6. The van der Waals surface area contributed by atoms with E-state index in [1.165, 1.54) is 0 Å². The lowest BCUT2D eigenvalue weighted by Crippen LogP contribution is -2.52. The van der Waals surface area contributed by atoms with Crippen LogP contribution in [-0.4, -0.2) is 30.9 Å². The molecule has 1 rings (SSSR count). The van der Waals surface area contributed by atoms with Crippen molar-refractivity contribution in [1.29, 1.82) is 0 Å². The van der Waals surface area contributed by atoms with Gasteiger partial charge in [-0.05, 0) is 31.1 Å². The molecule has 1 aliphatic rings. The van der Waals surface area contributed by atoms with Crippen molar-refractivity contribution in [3.05, 3.63) is 0 Å². The number of carbonyl (C=O) groups is 2. The van der Waals surface area contributed by atoms with Gasteiger partial charge in [-0.2, -0.15) is 0 Å². The number of hydrogen-bond acceptors (Lipinski definition) is 3. The second kappa shape index (κ2) is 6.37. The van der Waals surface area contributed by atoms with E-state index in [0.29, 0.717) is 12.5 Å². The van der Waals surface area contributed by atoms with Crippen LogP contribution in [-0.2, 0) is 9.59 Å². The van der Waals surface area contributed by atoms with E-state index in [2.05, 4.69) is 31.4 Å². The van der Waals surface area contributed by atoms with Crippen LogP contribution < -0.4 is 16.4 Å². The van der Waals surface area contributed by atoms with E-state index in [1.54, 1.807) is 0 Å². The van der Waals surface area contributed by atoms with E-state index >= 15 is 0 Å². The monoisotopic (exact) mass is 269 g/mol. The maximum atomic E-state index is 12.2. The van der Waals surface area contributed by atoms with Crippen molar-refractivity contribution in [3.8, 4) is 0 Å². The molecule has 0 aromatic rings. The zero-order chi connectivity index (χ0) is 14.6. The van der Waals surface area contributed by atoms with E-state index in [9.17, 15) is 9.59 Å². The Hall–Kier alpha value is -1.10. The predicted molar refractivity (Wildman–Crippen MR) is 75.3 cm³/mol. The van der Waals surface area contributed by atoms with Crippen molar-refractivity contribution in [3.63, 3.8) is 0 Å². The van der Waals surface area contributed by atoms with Gasteiger partial charge < -0.3 is 16.4 Å². The van der Waals surface area contributed by atoms with Gasteiger partial charge in [-0.25, -0.2) is 0 Å². The third-order valence-corrected chi connectivity index (χ3v) is 4.62. The Morgan fingerprint density at radius 3 is 2.47 bits per heavy atom. The Morgan fingerprint density at radius 1 is 1.26 bits per heavy atom. The number of likely N-dealkylation sites (N-methyl/N-ethyl adjacent to an activating group) is 1. The quantitative estimate of drug-likeness (QED) is 0.700. The van der Waals surface area contributed by atoms with Gasteiger partial charge in [-0.1, -0.05) is 20.8 Å². The van der Waals surface area contributed by atoms with Gasteiger partial charge in [0, 0.05) is 18.5 Å². The normalized spacial score (nSPS) is 29.6. The molecule has 2 amide bonds. The molecule has 0 heterocycles. The lowest BCUT2D eigenvalue weighted by molar-refractivity contribution is -0.134. The SMILES string of the molecule is CCNC(=O)CNC(=O)C1CCC(N)C(C)C1(C)C. The standard InChI is InChI=1S/C14H27N3O2/c1-5-16-12(18)8-17-13(19)10-6-7-11(15)9(2)14(10,3)4/h9-11H,5-8,15H2,1-4H3,(H,16,18)(H,17,19). The first kappa shape index (κ1) is 16.0. The molecular weight excluding hydrogens is 242 g/mol. The van der Waals surface area contributed by atoms with Crippen molar-refractivity contribution in [2.45, 2.75) is 46.6 Å². The zero-order valence-electron chi connectivity index (χ0n) is 12.5. The summed E-state index contributed by atoms with van der Waals surface area (Å²) in [7, 11) is 0. The van der Waals surface area contributed by atoms with Gasteiger partial charge in [-0.3, -0.25) is 9.59 Å². The molecule has 5 heteroatoms. The van der Waals surface area contributed by atoms with Crippen LogP contribution in [0, 0.1) is 17.3 Å². The van der Waals surface area contributed by atoms with Crippen LogP contribution in [0.15, 0.2) is 0 Å². The van der Waals surface area contributed by atoms with Crippen molar-refractivity contribution in [2.24, 2.45) is 23.0 Å². The van der Waals surface area contributed by atoms with Crippen molar-refractivity contribution in [2.75, 3.05) is 13.1 Å². The number of hydrogen-bond donors (Lipinski definition) is 3. The number of nitrogens with two attached hydrogens (primary N) is 1. The molecule has 0 radical (unpaired) electrons. The molecule has 0 aliphatic heterocycles. The molecule has 1 aliphatic carbocycles. The Kier molecular flexibility index (Phi) is 5.35. The summed E-state index contributed by atoms with van der Waals surface area (Å²) in [5.41, 5.74) is 5.95. The fourth-order valence-electron chi connectivity index (χ4n) is 2.87. The van der Waals surface area contributed by atoms with E-state index in [-0.39, 0.29) is 35.7 Å². The smallest absolute Gasteiger partial charge is 0.239 e. The van der Waals surface area contributed by atoms with Gasteiger partial charge in [0.2, 0.25) is 11.8 Å². The minimum absolute atomic E-state index is 0.0324. The molecule has 110 valence electrons. The average molecular weight is 269 g/mol. The minimum atomic E-state index is -0.144. The summed E-state index contributed by atoms with van der Waals surface area (Å²) in [5, 5.41) is 5.40. The molecule has 19 heavy (non-hydrogen) atoms. The maximum absolute atomic E-state index is 12.2. The van der Waals surface area contributed by atoms with Crippen LogP contribution in [0.1, 0.15) is 40.5 Å². The summed E-state index contributed by atoms with van der Waals surface area (Å²) in [6.07, 6.45) is 1.66. The maximum Gasteiger partial charge on any atom is 0.239 e. The molecule has 5 nitrogen and oxygen atoms in total. The van der Waals surface area contributed by atoms with Crippen LogP contribution in [0.5, 0.6) is 0 Å². The molecular formula is C14H27N3O2. The molecule has 0 aromatic carbocycles. The van der Waals surface area contributed by atoms with Gasteiger partial charge in [0.1, 0.15) is 0 Å². The fourth-order valence-corrected chi connectivity index (χ4v) is 2.87. The van der Waals surface area contributed by atoms with Crippen LogP contribution in [0.3, 0.4) is 0 Å². The van der Waals surface area contributed by atoms with Crippen LogP contribution in [0.25, 0.3) is 0 Å². The van der Waals surface area contributed by atoms with Gasteiger partial charge in [-0.15, -0.1) is 0 Å². The minimum Gasteiger partial charge on any atom is -0.355 e. The van der Waals surface area contributed by atoms with Crippen LogP contribution in [0.2, 0.25) is 0 Å². The third-order valence-electron chi connectivity index (χ3n) is 4.62. The molecule has 1 saturated carbocycles. The number of carbonyl (C=O) groups excluding carboxylic acids is 2. The second-order valence-corrected chi connectivity index (χ2v) is 6.08. The molecule has 0 saturated heterocycles. The molecule has 0 aromatic heterocycles. The molecule has 0 bridgehead atoms. The summed E-state index contributed by atoms with van der Waals surface area (Å²) in [6.45, 7) is 8.77. The molecule has 4 N–H and O–H groups in total. The number of amides is 2. The first-order valence-corrected chi connectivity index (χ1v) is 7.10. The van der Waals surface area contributed by atoms with E-state index in [0.717, 1.165) is 12.8 Å². The van der Waals surface area contributed by atoms with Gasteiger partial charge in [0.05, 0.1) is 6.54 Å². The number of nitrogens with one attached hydrogen (secondary N) is 2. The summed E-state index contributed by atoms with van der Waals surface area (Å²) < 4.78 is 0. The van der Waals surface area contributed by atoms with Gasteiger partial charge in [0.25, 0.3) is 0 Å². The van der Waals surface area contributed by atoms with Crippen molar-refractivity contribution in [1.82, 2.24) is 10.6 Å². The Bertz CT molecular complexity index is 342. The van der Waals surface area contributed by atoms with E-state index in [1.807, 2.05) is 6.92 Å². The lowest BCUT2D eigenvalue weighted by atomic mass is 9.61. The largest absolute Gasteiger partial charge is 0.355 e. The number of rotatable bonds is 4. The average Bonchev–Trinajstić information content (AvgIpc) is 2.34. The first-order chi connectivity index (χ1) is 8.80. The molecule has 0 spiro atoms. The first-order valence-electron chi connectivity index (χ1n) is 7.10. The van der Waals surface area contributed by atoms with E-state index in [4.69, 9.17) is 5.73 Å².